The molecule has 1 aromatic carbocycles. The van der Waals surface area contributed by atoms with Crippen molar-refractivity contribution in [2.45, 2.75) is 19.0 Å². The molecule has 0 spiro atoms. The molecule has 0 saturated heterocycles. The van der Waals surface area contributed by atoms with E-state index >= 15 is 0 Å². The number of alkyl halides is 3. The van der Waals surface area contributed by atoms with Gasteiger partial charge in [-0.3, -0.25) is 14.5 Å². The Morgan fingerprint density at radius 1 is 1.10 bits per heavy atom. The van der Waals surface area contributed by atoms with Crippen molar-refractivity contribution in [2.75, 3.05) is 7.05 Å². The number of benzene rings is 1. The predicted molar refractivity (Wildman–Crippen MR) is 68.6 cm³/mol. The number of imide groups is 1. The van der Waals surface area contributed by atoms with Crippen LogP contribution in [0.5, 0.6) is 0 Å². The van der Waals surface area contributed by atoms with Crippen LogP contribution >= 0.6 is 23.2 Å². The van der Waals surface area contributed by atoms with Gasteiger partial charge in [-0.1, -0.05) is 23.2 Å². The lowest BCUT2D eigenvalue weighted by Crippen LogP contribution is -2.36. The Hall–Kier alpha value is -1.27. The summed E-state index contributed by atoms with van der Waals surface area (Å²) in [4.78, 5) is 23.4. The molecule has 0 saturated carbocycles. The van der Waals surface area contributed by atoms with Crippen LogP contribution in [0.25, 0.3) is 0 Å². The van der Waals surface area contributed by atoms with E-state index in [1.54, 1.807) is 0 Å². The van der Waals surface area contributed by atoms with Crippen LogP contribution in [0.2, 0.25) is 10.0 Å². The van der Waals surface area contributed by atoms with Crippen molar-refractivity contribution in [2.24, 2.45) is 0 Å². The number of nitrogens with zero attached hydrogens (tertiary/aromatic N) is 1. The first-order valence-corrected chi connectivity index (χ1v) is 6.15. The number of carbonyl (C=O) groups excluding carboxylic acids is 2. The van der Waals surface area contributed by atoms with Crippen LogP contribution in [0, 0.1) is 0 Å². The standard InChI is InChI=1S/C12H10Cl2F3NO2/c1-18(11(20)6-12(15,16)17)10(19)4-7-2-8(13)5-9(14)3-7/h2-3,5H,4,6H2,1H3. The number of amides is 2. The summed E-state index contributed by atoms with van der Waals surface area (Å²) in [6.07, 6.45) is -6.59. The SMILES string of the molecule is CN(C(=O)Cc1cc(Cl)cc(Cl)c1)C(=O)CC(F)(F)F. The first-order valence-electron chi connectivity index (χ1n) is 5.39. The number of hydrogen-bond donors (Lipinski definition) is 0. The Kier molecular flexibility index (Phi) is 5.42. The molecule has 8 heteroatoms. The highest BCUT2D eigenvalue weighted by molar-refractivity contribution is 6.34. The van der Waals surface area contributed by atoms with Gasteiger partial charge in [0.2, 0.25) is 11.8 Å². The minimum atomic E-state index is -4.65. The van der Waals surface area contributed by atoms with Gasteiger partial charge in [0.15, 0.2) is 0 Å². The summed E-state index contributed by atoms with van der Waals surface area (Å²) in [6, 6.07) is 4.36. The van der Waals surface area contributed by atoms with Gasteiger partial charge in [0, 0.05) is 17.1 Å². The van der Waals surface area contributed by atoms with Crippen molar-refractivity contribution < 1.29 is 22.8 Å². The van der Waals surface area contributed by atoms with Gasteiger partial charge in [-0.15, -0.1) is 0 Å². The molecule has 0 unspecified atom stereocenters. The molecule has 0 atom stereocenters. The maximum absolute atomic E-state index is 12.1. The number of carbonyl (C=O) groups is 2. The van der Waals surface area contributed by atoms with E-state index in [1.807, 2.05) is 0 Å². The topological polar surface area (TPSA) is 37.4 Å². The van der Waals surface area contributed by atoms with Gasteiger partial charge < -0.3 is 0 Å². The fraction of sp³-hybridized carbons (Fsp3) is 0.333. The van der Waals surface area contributed by atoms with Crippen LogP contribution in [-0.4, -0.2) is 29.9 Å². The van der Waals surface area contributed by atoms with Crippen LogP contribution in [0.3, 0.4) is 0 Å². The van der Waals surface area contributed by atoms with E-state index in [2.05, 4.69) is 0 Å². The quantitative estimate of drug-likeness (QED) is 0.852. The number of likely N-dealkylation sites (N-methyl/N-ethyl adjacent to an activating group) is 1. The molecule has 0 fully saturated rings. The van der Waals surface area contributed by atoms with Gasteiger partial charge in [0.05, 0.1) is 6.42 Å². The van der Waals surface area contributed by atoms with Crippen molar-refractivity contribution in [3.8, 4) is 0 Å². The van der Waals surface area contributed by atoms with Crippen molar-refractivity contribution in [3.63, 3.8) is 0 Å². The summed E-state index contributed by atoms with van der Waals surface area (Å²) in [5.41, 5.74) is 0.416. The Morgan fingerprint density at radius 2 is 1.60 bits per heavy atom. The molecular formula is C12H10Cl2F3NO2. The van der Waals surface area contributed by atoms with Gasteiger partial charge in [-0.2, -0.15) is 13.2 Å². The highest BCUT2D eigenvalue weighted by Crippen LogP contribution is 2.22. The van der Waals surface area contributed by atoms with Crippen molar-refractivity contribution in [3.05, 3.63) is 33.8 Å². The average Bonchev–Trinajstić information content (AvgIpc) is 2.23. The van der Waals surface area contributed by atoms with Gasteiger partial charge >= 0.3 is 6.18 Å². The van der Waals surface area contributed by atoms with E-state index in [-0.39, 0.29) is 6.42 Å². The average molecular weight is 328 g/mol. The van der Waals surface area contributed by atoms with Crippen LogP contribution in [-0.2, 0) is 16.0 Å². The van der Waals surface area contributed by atoms with Gasteiger partial charge in [-0.25, -0.2) is 0 Å². The molecule has 20 heavy (non-hydrogen) atoms. The fourth-order valence-corrected chi connectivity index (χ4v) is 2.01. The monoisotopic (exact) mass is 327 g/mol. The van der Waals surface area contributed by atoms with Crippen LogP contribution < -0.4 is 0 Å². The molecule has 0 N–H and O–H groups in total. The van der Waals surface area contributed by atoms with E-state index < -0.39 is 24.4 Å². The third-order valence-corrected chi connectivity index (χ3v) is 2.81. The third kappa shape index (κ3) is 5.38. The summed E-state index contributed by atoms with van der Waals surface area (Å²) in [5, 5.41) is 0.592. The van der Waals surface area contributed by atoms with Crippen molar-refractivity contribution >= 4 is 35.0 Å². The largest absolute Gasteiger partial charge is 0.397 e. The lowest BCUT2D eigenvalue weighted by Gasteiger charge is -2.16. The Balaban J connectivity index is 2.73. The summed E-state index contributed by atoms with van der Waals surface area (Å²) in [7, 11) is 1.00. The van der Waals surface area contributed by atoms with E-state index in [0.29, 0.717) is 20.5 Å². The molecule has 0 aliphatic heterocycles. The molecule has 110 valence electrons. The molecule has 0 aliphatic rings. The molecule has 1 rings (SSSR count). The number of rotatable bonds is 3. The summed E-state index contributed by atoms with van der Waals surface area (Å²) < 4.78 is 36.2. The zero-order chi connectivity index (χ0) is 15.5. The number of halogens is 5. The van der Waals surface area contributed by atoms with Crippen molar-refractivity contribution in [1.29, 1.82) is 0 Å². The van der Waals surface area contributed by atoms with Gasteiger partial charge in [0.25, 0.3) is 0 Å². The third-order valence-electron chi connectivity index (χ3n) is 2.38. The van der Waals surface area contributed by atoms with Crippen LogP contribution in [0.15, 0.2) is 18.2 Å². The number of hydrogen-bond acceptors (Lipinski definition) is 2. The lowest BCUT2D eigenvalue weighted by atomic mass is 10.1. The normalized spacial score (nSPS) is 11.3. The molecular weight excluding hydrogens is 318 g/mol. The van der Waals surface area contributed by atoms with Crippen LogP contribution in [0.4, 0.5) is 13.2 Å². The van der Waals surface area contributed by atoms with Gasteiger partial charge in [-0.05, 0) is 23.8 Å². The minimum Gasteiger partial charge on any atom is -0.285 e. The zero-order valence-electron chi connectivity index (χ0n) is 10.3. The molecule has 1 aromatic rings. The second kappa shape index (κ2) is 6.45. The summed E-state index contributed by atoms with van der Waals surface area (Å²) in [5.74, 6) is -2.08. The molecule has 2 amide bonds. The molecule has 0 aliphatic carbocycles. The predicted octanol–water partition coefficient (Wildman–Crippen LogP) is 3.47. The Bertz CT molecular complexity index is 512. The molecule has 0 radical (unpaired) electrons. The van der Waals surface area contributed by atoms with E-state index in [4.69, 9.17) is 23.2 Å². The second-order valence-corrected chi connectivity index (χ2v) is 4.97. The summed E-state index contributed by atoms with van der Waals surface area (Å²) in [6.45, 7) is 0. The lowest BCUT2D eigenvalue weighted by molar-refractivity contribution is -0.163. The minimum absolute atomic E-state index is 0.264. The van der Waals surface area contributed by atoms with Crippen LogP contribution in [0.1, 0.15) is 12.0 Å². The Labute approximate surface area is 123 Å². The zero-order valence-corrected chi connectivity index (χ0v) is 11.8. The summed E-state index contributed by atoms with van der Waals surface area (Å²) >= 11 is 11.5. The van der Waals surface area contributed by atoms with E-state index in [1.165, 1.54) is 18.2 Å². The molecule has 3 nitrogen and oxygen atoms in total. The van der Waals surface area contributed by atoms with Crippen molar-refractivity contribution in [1.82, 2.24) is 4.90 Å². The van der Waals surface area contributed by atoms with E-state index in [9.17, 15) is 22.8 Å². The first-order chi connectivity index (χ1) is 9.08. The molecule has 0 heterocycles. The highest BCUT2D eigenvalue weighted by atomic mass is 35.5. The molecule has 0 bridgehead atoms. The maximum Gasteiger partial charge on any atom is 0.397 e. The highest BCUT2D eigenvalue weighted by Gasteiger charge is 2.34. The second-order valence-electron chi connectivity index (χ2n) is 4.09. The van der Waals surface area contributed by atoms with Gasteiger partial charge in [0.1, 0.15) is 6.42 Å². The first kappa shape index (κ1) is 16.8. The van der Waals surface area contributed by atoms with E-state index in [0.717, 1.165) is 7.05 Å². The fourth-order valence-electron chi connectivity index (χ4n) is 1.44. The smallest absolute Gasteiger partial charge is 0.285 e. The maximum atomic E-state index is 12.1. The molecule has 0 aromatic heterocycles. The Morgan fingerprint density at radius 3 is 2.05 bits per heavy atom.